The van der Waals surface area contributed by atoms with Crippen LogP contribution in [-0.4, -0.2) is 13.0 Å². The molecule has 1 fully saturated rings. The largest absolute Gasteiger partial charge is 0.484 e. The second-order valence-corrected chi connectivity index (χ2v) is 7.30. The summed E-state index contributed by atoms with van der Waals surface area (Å²) in [6.45, 7) is 1.14. The number of rotatable bonds is 6. The summed E-state index contributed by atoms with van der Waals surface area (Å²) in [5, 5.41) is 0. The third-order valence-electron chi connectivity index (χ3n) is 5.59. The van der Waals surface area contributed by atoms with Gasteiger partial charge >= 0.3 is 0 Å². The third-order valence-corrected chi connectivity index (χ3v) is 5.59. The highest BCUT2D eigenvalue weighted by molar-refractivity contribution is 5.66. The number of halogens is 5. The molecular weight excluding hydrogens is 375 g/mol. The summed E-state index contributed by atoms with van der Waals surface area (Å²) in [6, 6.07) is 6.70. The van der Waals surface area contributed by atoms with Gasteiger partial charge in [0.2, 0.25) is 5.82 Å². The topological polar surface area (TPSA) is 9.23 Å². The average Bonchev–Trinajstić information content (AvgIpc) is 2.69. The summed E-state index contributed by atoms with van der Waals surface area (Å²) in [7, 11) is 0. The fourth-order valence-corrected chi connectivity index (χ4v) is 3.93. The molecule has 152 valence electrons. The van der Waals surface area contributed by atoms with Crippen LogP contribution in [0.5, 0.6) is 5.75 Å². The zero-order valence-corrected chi connectivity index (χ0v) is 15.7. The van der Waals surface area contributed by atoms with Crippen molar-refractivity contribution in [2.75, 3.05) is 6.61 Å². The minimum atomic E-state index is -2.80. The Kier molecular flexibility index (Phi) is 6.57. The maximum atomic E-state index is 14.7. The molecule has 2 aromatic carbocycles. The quantitative estimate of drug-likeness (QED) is 0.472. The Morgan fingerprint density at radius 2 is 1.68 bits per heavy atom. The molecule has 28 heavy (non-hydrogen) atoms. The first-order valence-corrected chi connectivity index (χ1v) is 9.59. The summed E-state index contributed by atoms with van der Waals surface area (Å²) in [5.74, 6) is -2.80. The molecule has 0 spiro atoms. The minimum Gasteiger partial charge on any atom is -0.484 e. The molecular formula is C22H23F5O. The van der Waals surface area contributed by atoms with Crippen LogP contribution >= 0.6 is 0 Å². The molecule has 0 bridgehead atoms. The molecule has 6 heteroatoms. The van der Waals surface area contributed by atoms with Crippen LogP contribution in [0.3, 0.4) is 0 Å². The fourth-order valence-electron chi connectivity index (χ4n) is 3.93. The van der Waals surface area contributed by atoms with Crippen LogP contribution in [0.25, 0.3) is 11.1 Å². The van der Waals surface area contributed by atoms with Gasteiger partial charge in [-0.1, -0.05) is 25.5 Å². The number of hydrogen-bond donors (Lipinski definition) is 0. The summed E-state index contributed by atoms with van der Waals surface area (Å²) in [4.78, 5) is 0. The second-order valence-electron chi connectivity index (χ2n) is 7.30. The normalized spacial score (nSPS) is 19.8. The standard InChI is InChI=1S/C22H23F5O/c1-2-13-3-5-14(6-4-13)16-8-7-15(11-18(16)23)17-9-10-19(22(27)21(17)26)28-12-20(24)25/h7-11,13-14,20H,2-6,12H2,1H3. The van der Waals surface area contributed by atoms with E-state index in [-0.39, 0.29) is 17.0 Å². The van der Waals surface area contributed by atoms with Gasteiger partial charge in [-0.3, -0.25) is 0 Å². The van der Waals surface area contributed by atoms with Crippen molar-refractivity contribution < 1.29 is 26.7 Å². The molecule has 3 rings (SSSR count). The number of ether oxygens (including phenoxy) is 1. The predicted octanol–water partition coefficient (Wildman–Crippen LogP) is 7.10. The minimum absolute atomic E-state index is 0.137. The SMILES string of the molecule is CCC1CCC(c2ccc(-c3ccc(OCC(F)F)c(F)c3F)cc2F)CC1. The van der Waals surface area contributed by atoms with Gasteiger partial charge in [0, 0.05) is 5.56 Å². The van der Waals surface area contributed by atoms with E-state index >= 15 is 0 Å². The maximum absolute atomic E-state index is 14.7. The molecule has 0 N–H and O–H groups in total. The van der Waals surface area contributed by atoms with Gasteiger partial charge in [-0.2, -0.15) is 4.39 Å². The Hall–Kier alpha value is -2.11. The monoisotopic (exact) mass is 398 g/mol. The molecule has 1 saturated carbocycles. The highest BCUT2D eigenvalue weighted by Crippen LogP contribution is 2.39. The van der Waals surface area contributed by atoms with Gasteiger partial charge in [-0.15, -0.1) is 0 Å². The van der Waals surface area contributed by atoms with Gasteiger partial charge in [0.05, 0.1) is 0 Å². The highest BCUT2D eigenvalue weighted by Gasteiger charge is 2.24. The van der Waals surface area contributed by atoms with Crippen molar-refractivity contribution >= 4 is 0 Å². The lowest BCUT2D eigenvalue weighted by Crippen LogP contribution is -2.13. The Morgan fingerprint density at radius 3 is 2.29 bits per heavy atom. The number of hydrogen-bond acceptors (Lipinski definition) is 1. The molecule has 1 aliphatic carbocycles. The van der Waals surface area contributed by atoms with Crippen LogP contribution in [0.4, 0.5) is 22.0 Å². The third kappa shape index (κ3) is 4.47. The van der Waals surface area contributed by atoms with Gasteiger partial charge in [-0.25, -0.2) is 17.6 Å². The van der Waals surface area contributed by atoms with Crippen molar-refractivity contribution in [2.45, 2.75) is 51.4 Å². The summed E-state index contributed by atoms with van der Waals surface area (Å²) < 4.78 is 72.1. The zero-order valence-electron chi connectivity index (χ0n) is 15.7. The highest BCUT2D eigenvalue weighted by atomic mass is 19.3. The van der Waals surface area contributed by atoms with Crippen molar-refractivity contribution in [3.05, 3.63) is 53.3 Å². The molecule has 1 nitrogen and oxygen atoms in total. The van der Waals surface area contributed by atoms with Crippen molar-refractivity contribution in [2.24, 2.45) is 5.92 Å². The van der Waals surface area contributed by atoms with Crippen LogP contribution in [0.1, 0.15) is 50.5 Å². The van der Waals surface area contributed by atoms with Crippen LogP contribution in [0.15, 0.2) is 30.3 Å². The number of alkyl halides is 2. The first-order chi connectivity index (χ1) is 13.4. The van der Waals surface area contributed by atoms with E-state index in [9.17, 15) is 22.0 Å². The van der Waals surface area contributed by atoms with Crippen LogP contribution < -0.4 is 4.74 Å². The average molecular weight is 398 g/mol. The van der Waals surface area contributed by atoms with Gasteiger partial charge in [0.25, 0.3) is 6.43 Å². The van der Waals surface area contributed by atoms with E-state index < -0.39 is 36.2 Å². The Labute approximate surface area is 161 Å². The molecule has 0 amide bonds. The molecule has 0 radical (unpaired) electrons. The Morgan fingerprint density at radius 1 is 0.964 bits per heavy atom. The van der Waals surface area contributed by atoms with Gasteiger partial charge in [0.1, 0.15) is 12.4 Å². The number of benzene rings is 2. The summed E-state index contributed by atoms with van der Waals surface area (Å²) >= 11 is 0. The van der Waals surface area contributed by atoms with E-state index in [1.165, 1.54) is 12.1 Å². The summed E-state index contributed by atoms with van der Waals surface area (Å²) in [6.07, 6.45) is 2.33. The van der Waals surface area contributed by atoms with Crippen LogP contribution in [-0.2, 0) is 0 Å². The molecule has 0 atom stereocenters. The molecule has 0 aliphatic heterocycles. The fraction of sp³-hybridized carbons (Fsp3) is 0.455. The molecule has 0 saturated heterocycles. The maximum Gasteiger partial charge on any atom is 0.272 e. The molecule has 1 aliphatic rings. The van der Waals surface area contributed by atoms with Crippen molar-refractivity contribution in [1.29, 1.82) is 0 Å². The smallest absolute Gasteiger partial charge is 0.272 e. The van der Waals surface area contributed by atoms with Crippen molar-refractivity contribution in [3.63, 3.8) is 0 Å². The summed E-state index contributed by atoms with van der Waals surface area (Å²) in [5.41, 5.74) is 0.665. The second kappa shape index (κ2) is 8.93. The first kappa shape index (κ1) is 20.6. The lowest BCUT2D eigenvalue weighted by Gasteiger charge is -2.28. The van der Waals surface area contributed by atoms with Crippen LogP contribution in [0, 0.1) is 23.4 Å². The lowest BCUT2D eigenvalue weighted by atomic mass is 9.77. The van der Waals surface area contributed by atoms with Crippen molar-refractivity contribution in [3.8, 4) is 16.9 Å². The van der Waals surface area contributed by atoms with E-state index in [2.05, 4.69) is 11.7 Å². The van der Waals surface area contributed by atoms with E-state index in [4.69, 9.17) is 0 Å². The van der Waals surface area contributed by atoms with Gasteiger partial charge < -0.3 is 4.74 Å². The molecule has 0 aromatic heterocycles. The van der Waals surface area contributed by atoms with Crippen molar-refractivity contribution in [1.82, 2.24) is 0 Å². The van der Waals surface area contributed by atoms with E-state index in [0.29, 0.717) is 11.5 Å². The molecule has 0 heterocycles. The van der Waals surface area contributed by atoms with Crippen LogP contribution in [0.2, 0.25) is 0 Å². The predicted molar refractivity (Wildman–Crippen MR) is 98.2 cm³/mol. The van der Waals surface area contributed by atoms with E-state index in [1.54, 1.807) is 12.1 Å². The molecule has 0 unspecified atom stereocenters. The Balaban J connectivity index is 1.81. The van der Waals surface area contributed by atoms with E-state index in [1.807, 2.05) is 0 Å². The zero-order chi connectivity index (χ0) is 20.3. The Bertz CT molecular complexity index is 813. The lowest BCUT2D eigenvalue weighted by molar-refractivity contribution is 0.0795. The first-order valence-electron chi connectivity index (χ1n) is 9.59. The van der Waals surface area contributed by atoms with E-state index in [0.717, 1.165) is 38.2 Å². The molecule has 2 aromatic rings. The van der Waals surface area contributed by atoms with Gasteiger partial charge in [-0.05, 0) is 66.8 Å². The van der Waals surface area contributed by atoms with Gasteiger partial charge in [0.15, 0.2) is 11.6 Å².